The van der Waals surface area contributed by atoms with Crippen molar-refractivity contribution in [3.8, 4) is 5.75 Å². The second-order valence-electron chi connectivity index (χ2n) is 3.70. The Labute approximate surface area is 102 Å². The summed E-state index contributed by atoms with van der Waals surface area (Å²) < 4.78 is 5.23. The van der Waals surface area contributed by atoms with E-state index in [0.717, 1.165) is 36.8 Å². The lowest BCUT2D eigenvalue weighted by Crippen LogP contribution is -2.25. The number of methoxy groups -OCH3 is 1. The number of aryl methyl sites for hydroxylation is 1. The summed E-state index contributed by atoms with van der Waals surface area (Å²) in [4.78, 5) is 6.75. The first-order valence-corrected chi connectivity index (χ1v) is 6.03. The van der Waals surface area contributed by atoms with Gasteiger partial charge in [-0.15, -0.1) is 11.6 Å². The van der Waals surface area contributed by atoms with Crippen LogP contribution in [0.5, 0.6) is 5.75 Å². The van der Waals surface area contributed by atoms with Crippen LogP contribution < -0.4 is 4.74 Å². The van der Waals surface area contributed by atoms with E-state index >= 15 is 0 Å². The highest BCUT2D eigenvalue weighted by Crippen LogP contribution is 2.14. The average molecular weight is 243 g/mol. The molecule has 1 heterocycles. The van der Waals surface area contributed by atoms with Crippen LogP contribution >= 0.6 is 11.6 Å². The van der Waals surface area contributed by atoms with Crippen LogP contribution in [0.2, 0.25) is 0 Å². The maximum absolute atomic E-state index is 5.74. The molecule has 0 bridgehead atoms. The zero-order valence-electron chi connectivity index (χ0n) is 10.2. The SMILES string of the molecule is CCN(CCCl)Cc1cc(OC)cc(C)n1. The fourth-order valence-electron chi connectivity index (χ4n) is 1.60. The van der Waals surface area contributed by atoms with Crippen molar-refractivity contribution in [1.29, 1.82) is 0 Å². The topological polar surface area (TPSA) is 25.4 Å². The molecule has 90 valence electrons. The Morgan fingerprint density at radius 2 is 2.19 bits per heavy atom. The van der Waals surface area contributed by atoms with Gasteiger partial charge in [0.25, 0.3) is 0 Å². The van der Waals surface area contributed by atoms with Gasteiger partial charge in [-0.2, -0.15) is 0 Å². The molecule has 0 amide bonds. The normalized spacial score (nSPS) is 10.8. The summed E-state index contributed by atoms with van der Waals surface area (Å²) in [5, 5.41) is 0. The lowest BCUT2D eigenvalue weighted by molar-refractivity contribution is 0.293. The Kier molecular flexibility index (Phi) is 5.56. The number of rotatable bonds is 6. The van der Waals surface area contributed by atoms with Crippen LogP contribution in [0.3, 0.4) is 0 Å². The van der Waals surface area contributed by atoms with Crippen LogP contribution in [-0.4, -0.2) is 36.0 Å². The first kappa shape index (κ1) is 13.3. The van der Waals surface area contributed by atoms with Gasteiger partial charge in [-0.25, -0.2) is 0 Å². The van der Waals surface area contributed by atoms with Gasteiger partial charge in [-0.1, -0.05) is 6.92 Å². The molecule has 0 saturated heterocycles. The first-order chi connectivity index (χ1) is 7.69. The highest BCUT2D eigenvalue weighted by atomic mass is 35.5. The molecule has 0 unspecified atom stereocenters. The monoisotopic (exact) mass is 242 g/mol. The second kappa shape index (κ2) is 6.71. The number of alkyl halides is 1. The van der Waals surface area contributed by atoms with Crippen molar-refractivity contribution >= 4 is 11.6 Å². The third kappa shape index (κ3) is 3.99. The zero-order chi connectivity index (χ0) is 12.0. The van der Waals surface area contributed by atoms with E-state index in [1.807, 2.05) is 19.1 Å². The number of hydrogen-bond donors (Lipinski definition) is 0. The van der Waals surface area contributed by atoms with Crippen molar-refractivity contribution in [1.82, 2.24) is 9.88 Å². The van der Waals surface area contributed by atoms with Crippen molar-refractivity contribution in [3.05, 3.63) is 23.5 Å². The van der Waals surface area contributed by atoms with Gasteiger partial charge in [0.15, 0.2) is 0 Å². The highest BCUT2D eigenvalue weighted by molar-refractivity contribution is 6.18. The molecule has 0 radical (unpaired) electrons. The second-order valence-corrected chi connectivity index (χ2v) is 4.08. The van der Waals surface area contributed by atoms with Gasteiger partial charge in [-0.05, 0) is 13.5 Å². The van der Waals surface area contributed by atoms with Gasteiger partial charge in [-0.3, -0.25) is 9.88 Å². The predicted octanol–water partition coefficient (Wildman–Crippen LogP) is 2.46. The minimum Gasteiger partial charge on any atom is -0.497 e. The molecule has 0 saturated carbocycles. The van der Waals surface area contributed by atoms with Crippen LogP contribution in [0, 0.1) is 6.92 Å². The standard InChI is InChI=1S/C12H19ClN2O/c1-4-15(6-5-13)9-11-8-12(16-3)7-10(2)14-11/h7-8H,4-6,9H2,1-3H3. The number of nitrogens with zero attached hydrogens (tertiary/aromatic N) is 2. The summed E-state index contributed by atoms with van der Waals surface area (Å²) in [7, 11) is 1.68. The smallest absolute Gasteiger partial charge is 0.122 e. The lowest BCUT2D eigenvalue weighted by Gasteiger charge is -2.18. The van der Waals surface area contributed by atoms with Crippen molar-refractivity contribution < 1.29 is 4.74 Å². The molecular formula is C12H19ClN2O. The number of hydrogen-bond acceptors (Lipinski definition) is 3. The quantitative estimate of drug-likeness (QED) is 0.717. The van der Waals surface area contributed by atoms with Gasteiger partial charge in [0, 0.05) is 36.8 Å². The maximum Gasteiger partial charge on any atom is 0.122 e. The Morgan fingerprint density at radius 3 is 2.75 bits per heavy atom. The van der Waals surface area contributed by atoms with Crippen LogP contribution in [0.25, 0.3) is 0 Å². The third-order valence-corrected chi connectivity index (χ3v) is 2.62. The summed E-state index contributed by atoms with van der Waals surface area (Å²) in [6.07, 6.45) is 0. The Balaban J connectivity index is 2.74. The Bertz CT molecular complexity index is 331. The number of ether oxygens (including phenoxy) is 1. The van der Waals surface area contributed by atoms with E-state index < -0.39 is 0 Å². The molecule has 1 aromatic heterocycles. The van der Waals surface area contributed by atoms with Crippen LogP contribution in [0.1, 0.15) is 18.3 Å². The molecule has 16 heavy (non-hydrogen) atoms. The van der Waals surface area contributed by atoms with E-state index in [2.05, 4.69) is 16.8 Å². The van der Waals surface area contributed by atoms with Gasteiger partial charge >= 0.3 is 0 Å². The van der Waals surface area contributed by atoms with E-state index in [-0.39, 0.29) is 0 Å². The van der Waals surface area contributed by atoms with Crippen molar-refractivity contribution in [2.75, 3.05) is 26.1 Å². The number of pyridine rings is 1. The fraction of sp³-hybridized carbons (Fsp3) is 0.583. The minimum atomic E-state index is 0.650. The molecule has 0 N–H and O–H groups in total. The third-order valence-electron chi connectivity index (χ3n) is 2.45. The zero-order valence-corrected chi connectivity index (χ0v) is 10.9. The van der Waals surface area contributed by atoms with Crippen LogP contribution in [0.15, 0.2) is 12.1 Å². The molecule has 1 aromatic rings. The highest BCUT2D eigenvalue weighted by Gasteiger charge is 2.06. The molecule has 0 aliphatic rings. The van der Waals surface area contributed by atoms with Crippen molar-refractivity contribution in [3.63, 3.8) is 0 Å². The lowest BCUT2D eigenvalue weighted by atomic mass is 10.2. The molecule has 0 fully saturated rings. The minimum absolute atomic E-state index is 0.650. The predicted molar refractivity (Wildman–Crippen MR) is 67.2 cm³/mol. The summed E-state index contributed by atoms with van der Waals surface area (Å²) in [6, 6.07) is 3.91. The molecule has 0 spiro atoms. The van der Waals surface area contributed by atoms with Gasteiger partial charge in [0.1, 0.15) is 5.75 Å². The molecule has 3 nitrogen and oxygen atoms in total. The van der Waals surface area contributed by atoms with Gasteiger partial charge in [0.2, 0.25) is 0 Å². The molecule has 0 atom stereocenters. The Morgan fingerprint density at radius 1 is 1.44 bits per heavy atom. The number of aromatic nitrogens is 1. The average Bonchev–Trinajstić information content (AvgIpc) is 2.27. The number of halogens is 1. The Hall–Kier alpha value is -0.800. The molecule has 0 aromatic carbocycles. The molecule has 1 rings (SSSR count). The molecule has 0 aliphatic carbocycles. The summed E-state index contributed by atoms with van der Waals surface area (Å²) in [5.41, 5.74) is 2.01. The summed E-state index contributed by atoms with van der Waals surface area (Å²) >= 11 is 5.74. The van der Waals surface area contributed by atoms with E-state index in [1.165, 1.54) is 0 Å². The van der Waals surface area contributed by atoms with E-state index in [0.29, 0.717) is 5.88 Å². The van der Waals surface area contributed by atoms with Crippen LogP contribution in [-0.2, 0) is 6.54 Å². The molecular weight excluding hydrogens is 224 g/mol. The van der Waals surface area contributed by atoms with Gasteiger partial charge in [0.05, 0.1) is 12.8 Å². The fourth-order valence-corrected chi connectivity index (χ4v) is 1.84. The van der Waals surface area contributed by atoms with Gasteiger partial charge < -0.3 is 4.74 Å². The summed E-state index contributed by atoms with van der Waals surface area (Å²) in [6.45, 7) is 6.78. The molecule has 0 aliphatic heterocycles. The first-order valence-electron chi connectivity index (χ1n) is 5.49. The van der Waals surface area contributed by atoms with Crippen molar-refractivity contribution in [2.45, 2.75) is 20.4 Å². The van der Waals surface area contributed by atoms with E-state index in [1.54, 1.807) is 7.11 Å². The van der Waals surface area contributed by atoms with E-state index in [9.17, 15) is 0 Å². The van der Waals surface area contributed by atoms with E-state index in [4.69, 9.17) is 16.3 Å². The maximum atomic E-state index is 5.74. The van der Waals surface area contributed by atoms with Crippen molar-refractivity contribution in [2.24, 2.45) is 0 Å². The van der Waals surface area contributed by atoms with Crippen LogP contribution in [0.4, 0.5) is 0 Å². The molecule has 4 heteroatoms. The largest absolute Gasteiger partial charge is 0.497 e. The summed E-state index contributed by atoms with van der Waals surface area (Å²) in [5.74, 6) is 1.51.